The molecule has 118 valence electrons. The van der Waals surface area contributed by atoms with Gasteiger partial charge in [0.15, 0.2) is 5.43 Å². The molecule has 1 N–H and O–H groups in total. The molecular formula is C18H24N2O2. The van der Waals surface area contributed by atoms with Crippen molar-refractivity contribution in [3.8, 4) is 0 Å². The molecule has 2 atom stereocenters. The summed E-state index contributed by atoms with van der Waals surface area (Å²) >= 11 is 0. The quantitative estimate of drug-likeness (QED) is 0.927. The number of hydrogen-bond donors (Lipinski definition) is 1. The van der Waals surface area contributed by atoms with Gasteiger partial charge in [-0.05, 0) is 39.8 Å². The Kier molecular flexibility index (Phi) is 4.06. The molecule has 1 aliphatic heterocycles. The molecule has 2 heterocycles. The molecule has 0 radical (unpaired) electrons. The van der Waals surface area contributed by atoms with E-state index in [0.29, 0.717) is 6.54 Å². The Hall–Kier alpha value is -1.65. The van der Waals surface area contributed by atoms with E-state index < -0.39 is 0 Å². The van der Waals surface area contributed by atoms with Crippen LogP contribution in [0, 0.1) is 13.8 Å². The topological polar surface area (TPSA) is 45.3 Å². The van der Waals surface area contributed by atoms with Gasteiger partial charge >= 0.3 is 0 Å². The normalized spacial score (nSPS) is 23.1. The molecule has 0 amide bonds. The van der Waals surface area contributed by atoms with Crippen LogP contribution in [0.2, 0.25) is 0 Å². The fraction of sp³-hybridized carbons (Fsp3) is 0.500. The van der Waals surface area contributed by atoms with Crippen molar-refractivity contribution in [3.05, 3.63) is 45.2 Å². The summed E-state index contributed by atoms with van der Waals surface area (Å²) in [6.07, 6.45) is 0.427. The van der Waals surface area contributed by atoms with Crippen LogP contribution in [0.4, 0.5) is 0 Å². The van der Waals surface area contributed by atoms with E-state index in [1.165, 1.54) is 0 Å². The van der Waals surface area contributed by atoms with Crippen LogP contribution in [-0.4, -0.2) is 35.2 Å². The maximum Gasteiger partial charge on any atom is 0.194 e. The zero-order valence-corrected chi connectivity index (χ0v) is 13.8. The van der Waals surface area contributed by atoms with Gasteiger partial charge in [-0.1, -0.05) is 11.6 Å². The first kappa shape index (κ1) is 15.3. The van der Waals surface area contributed by atoms with E-state index >= 15 is 0 Å². The highest BCUT2D eigenvalue weighted by molar-refractivity contribution is 5.80. The summed E-state index contributed by atoms with van der Waals surface area (Å²) in [4.78, 5) is 18.6. The van der Waals surface area contributed by atoms with Gasteiger partial charge in [0.05, 0.1) is 12.2 Å². The molecule has 3 rings (SSSR count). The number of hydrogen-bond acceptors (Lipinski definition) is 3. The van der Waals surface area contributed by atoms with Crippen LogP contribution in [0.3, 0.4) is 0 Å². The lowest BCUT2D eigenvalue weighted by Crippen LogP contribution is -2.45. The second-order valence-electron chi connectivity index (χ2n) is 6.56. The molecule has 4 heteroatoms. The van der Waals surface area contributed by atoms with Gasteiger partial charge < -0.3 is 9.72 Å². The van der Waals surface area contributed by atoms with E-state index in [-0.39, 0.29) is 17.6 Å². The van der Waals surface area contributed by atoms with Crippen LogP contribution in [0.15, 0.2) is 23.0 Å². The lowest BCUT2D eigenvalue weighted by molar-refractivity contribution is -0.0706. The predicted molar refractivity (Wildman–Crippen MR) is 89.3 cm³/mol. The second kappa shape index (κ2) is 5.86. The van der Waals surface area contributed by atoms with E-state index in [1.54, 1.807) is 0 Å². The highest BCUT2D eigenvalue weighted by atomic mass is 16.5. The monoisotopic (exact) mass is 300 g/mol. The Balaban J connectivity index is 1.98. The van der Waals surface area contributed by atoms with Crippen molar-refractivity contribution in [2.45, 2.75) is 46.4 Å². The van der Waals surface area contributed by atoms with Crippen molar-refractivity contribution in [2.24, 2.45) is 0 Å². The smallest absolute Gasteiger partial charge is 0.194 e. The Morgan fingerprint density at radius 2 is 1.91 bits per heavy atom. The number of fused-ring (bicyclic) bond motifs is 1. The highest BCUT2D eigenvalue weighted by Gasteiger charge is 2.23. The Morgan fingerprint density at radius 3 is 2.59 bits per heavy atom. The Morgan fingerprint density at radius 1 is 1.23 bits per heavy atom. The molecule has 22 heavy (non-hydrogen) atoms. The molecule has 4 nitrogen and oxygen atoms in total. The number of benzene rings is 1. The molecule has 0 bridgehead atoms. The summed E-state index contributed by atoms with van der Waals surface area (Å²) in [5.74, 6) is 0. The zero-order chi connectivity index (χ0) is 15.9. The summed E-state index contributed by atoms with van der Waals surface area (Å²) in [7, 11) is 0. The molecule has 0 saturated carbocycles. The number of pyridine rings is 1. The average molecular weight is 300 g/mol. The number of nitrogens with zero attached hydrogens (tertiary/aromatic N) is 1. The van der Waals surface area contributed by atoms with Crippen molar-refractivity contribution in [1.82, 2.24) is 9.88 Å². The fourth-order valence-corrected chi connectivity index (χ4v) is 3.39. The largest absolute Gasteiger partial charge is 0.373 e. The number of morpholine rings is 1. The van der Waals surface area contributed by atoms with Gasteiger partial charge in [-0.15, -0.1) is 0 Å². The van der Waals surface area contributed by atoms with Gasteiger partial charge in [0.25, 0.3) is 0 Å². The van der Waals surface area contributed by atoms with Gasteiger partial charge in [0.2, 0.25) is 0 Å². The third-order valence-electron chi connectivity index (χ3n) is 4.35. The molecule has 0 spiro atoms. The number of nitrogens with one attached hydrogen (secondary N) is 1. The number of ether oxygens (including phenoxy) is 1. The number of H-pyrrole nitrogens is 1. The third-order valence-corrected chi connectivity index (χ3v) is 4.35. The van der Waals surface area contributed by atoms with Crippen LogP contribution >= 0.6 is 0 Å². The SMILES string of the molecule is Cc1ccc2[nH]c(C)c(CN3CC(C)OC(C)C3)c(=O)c2c1. The molecule has 1 fully saturated rings. The molecule has 1 saturated heterocycles. The van der Waals surface area contributed by atoms with E-state index in [4.69, 9.17) is 4.74 Å². The second-order valence-corrected chi connectivity index (χ2v) is 6.56. The summed E-state index contributed by atoms with van der Waals surface area (Å²) in [6.45, 7) is 10.6. The van der Waals surface area contributed by atoms with E-state index in [0.717, 1.165) is 40.8 Å². The molecule has 1 aliphatic rings. The van der Waals surface area contributed by atoms with Gasteiger partial charge in [-0.3, -0.25) is 9.69 Å². The average Bonchev–Trinajstić information content (AvgIpc) is 2.43. The van der Waals surface area contributed by atoms with Crippen molar-refractivity contribution in [1.29, 1.82) is 0 Å². The van der Waals surface area contributed by atoms with E-state index in [1.807, 2.05) is 32.0 Å². The maximum atomic E-state index is 12.9. The summed E-state index contributed by atoms with van der Waals surface area (Å²) < 4.78 is 5.77. The minimum absolute atomic E-state index is 0.154. The minimum Gasteiger partial charge on any atom is -0.373 e. The molecule has 0 aliphatic carbocycles. The van der Waals surface area contributed by atoms with Gasteiger partial charge in [0, 0.05) is 41.8 Å². The van der Waals surface area contributed by atoms with Crippen molar-refractivity contribution in [2.75, 3.05) is 13.1 Å². The lowest BCUT2D eigenvalue weighted by atomic mass is 10.1. The third kappa shape index (κ3) is 2.94. The number of rotatable bonds is 2. The fourth-order valence-electron chi connectivity index (χ4n) is 3.39. The summed E-state index contributed by atoms with van der Waals surface area (Å²) in [5.41, 5.74) is 4.02. The summed E-state index contributed by atoms with van der Waals surface area (Å²) in [6, 6.07) is 5.99. The van der Waals surface area contributed by atoms with Crippen LogP contribution in [0.5, 0.6) is 0 Å². The lowest BCUT2D eigenvalue weighted by Gasteiger charge is -2.35. The van der Waals surface area contributed by atoms with Gasteiger partial charge in [-0.25, -0.2) is 0 Å². The summed E-state index contributed by atoms with van der Waals surface area (Å²) in [5, 5.41) is 0.787. The van der Waals surface area contributed by atoms with Gasteiger partial charge in [0.1, 0.15) is 0 Å². The predicted octanol–water partition coefficient (Wildman–Crippen LogP) is 2.75. The van der Waals surface area contributed by atoms with E-state index in [2.05, 4.69) is 23.7 Å². The van der Waals surface area contributed by atoms with Crippen LogP contribution in [0.1, 0.15) is 30.7 Å². The van der Waals surface area contributed by atoms with Crippen molar-refractivity contribution in [3.63, 3.8) is 0 Å². The Labute approximate surface area is 131 Å². The van der Waals surface area contributed by atoms with Crippen molar-refractivity contribution >= 4 is 10.9 Å². The molecular weight excluding hydrogens is 276 g/mol. The van der Waals surface area contributed by atoms with Crippen molar-refractivity contribution < 1.29 is 4.74 Å². The molecule has 2 aromatic rings. The molecule has 1 aromatic carbocycles. The van der Waals surface area contributed by atoms with Crippen LogP contribution in [0.25, 0.3) is 10.9 Å². The first-order chi connectivity index (χ1) is 10.4. The Bertz CT molecular complexity index is 741. The highest BCUT2D eigenvalue weighted by Crippen LogP contribution is 2.17. The first-order valence-corrected chi connectivity index (χ1v) is 7.94. The maximum absolute atomic E-state index is 12.9. The standard InChI is InChI=1S/C18H24N2O2/c1-11-5-6-17-15(7-11)18(21)16(14(4)19-17)10-20-8-12(2)22-13(3)9-20/h5-7,12-13H,8-10H2,1-4H3,(H,19,21). The van der Waals surface area contributed by atoms with E-state index in [9.17, 15) is 4.79 Å². The van der Waals surface area contributed by atoms with Gasteiger partial charge in [-0.2, -0.15) is 0 Å². The first-order valence-electron chi connectivity index (χ1n) is 7.94. The van der Waals surface area contributed by atoms with Crippen LogP contribution < -0.4 is 5.43 Å². The number of aromatic amines is 1. The number of aryl methyl sites for hydroxylation is 2. The number of aromatic nitrogens is 1. The minimum atomic E-state index is 0.154. The molecule has 2 unspecified atom stereocenters. The zero-order valence-electron chi connectivity index (χ0n) is 13.8. The van der Waals surface area contributed by atoms with Crippen LogP contribution in [-0.2, 0) is 11.3 Å². The molecule has 1 aromatic heterocycles.